The van der Waals surface area contributed by atoms with Crippen molar-refractivity contribution in [2.24, 2.45) is 11.8 Å². The van der Waals surface area contributed by atoms with Gasteiger partial charge in [0.1, 0.15) is 6.04 Å². The highest BCUT2D eigenvalue weighted by Gasteiger charge is 2.78. The molecule has 3 heterocycles. The van der Waals surface area contributed by atoms with Gasteiger partial charge in [-0.25, -0.2) is 0 Å². The Balaban J connectivity index is 1.47. The highest BCUT2D eigenvalue weighted by atomic mass is 35.5. The Morgan fingerprint density at radius 1 is 0.979 bits per heavy atom. The first kappa shape index (κ1) is 33.1. The number of benzene rings is 3. The molecule has 0 aromatic heterocycles. The summed E-state index contributed by atoms with van der Waals surface area (Å²) in [6, 6.07) is 24.4. The zero-order chi connectivity index (χ0) is 33.3. The number of aliphatic hydroxyl groups is 1. The largest absolute Gasteiger partial charge is 0.394 e. The van der Waals surface area contributed by atoms with Crippen LogP contribution in [0.2, 0.25) is 5.02 Å². The van der Waals surface area contributed by atoms with Gasteiger partial charge in [0.25, 0.3) is 5.91 Å². The summed E-state index contributed by atoms with van der Waals surface area (Å²) in [6.07, 6.45) is 4.65. The Morgan fingerprint density at radius 3 is 2.23 bits per heavy atom. The summed E-state index contributed by atoms with van der Waals surface area (Å²) in [5.74, 6) is -2.05. The lowest BCUT2D eigenvalue weighted by Gasteiger charge is -2.39. The smallest absolute Gasteiger partial charge is 0.251 e. The minimum absolute atomic E-state index is 0.113. The first-order valence-corrected chi connectivity index (χ1v) is 17.2. The van der Waals surface area contributed by atoms with E-state index in [0.717, 1.165) is 11.1 Å². The van der Waals surface area contributed by atoms with Crippen LogP contribution in [0.25, 0.3) is 0 Å². The van der Waals surface area contributed by atoms with Crippen molar-refractivity contribution in [3.05, 3.63) is 126 Å². The number of thioether (sulfide) groups is 1. The number of amides is 3. The molecule has 1 N–H and O–H groups in total. The number of fused-ring (bicyclic) bond motifs is 1. The van der Waals surface area contributed by atoms with Gasteiger partial charge in [-0.05, 0) is 55.2 Å². The average Bonchev–Trinajstić information content (AvgIpc) is 3.65. The van der Waals surface area contributed by atoms with Crippen LogP contribution < -0.4 is 4.90 Å². The normalized spacial score (nSPS) is 26.5. The van der Waals surface area contributed by atoms with E-state index in [1.165, 1.54) is 0 Å². The van der Waals surface area contributed by atoms with Gasteiger partial charge in [-0.3, -0.25) is 14.4 Å². The number of hydrogen-bond donors (Lipinski definition) is 1. The second-order valence-corrected chi connectivity index (χ2v) is 15.1. The molecule has 6 atom stereocenters. The molecule has 7 nitrogen and oxygen atoms in total. The maximum Gasteiger partial charge on any atom is 0.251 e. The molecule has 3 amide bonds. The second kappa shape index (κ2) is 13.3. The van der Waals surface area contributed by atoms with Gasteiger partial charge in [-0.2, -0.15) is 0 Å². The fourth-order valence-electron chi connectivity index (χ4n) is 7.99. The highest BCUT2D eigenvalue weighted by molar-refractivity contribution is 8.02. The molecule has 6 rings (SSSR count). The molecule has 9 heteroatoms. The van der Waals surface area contributed by atoms with Gasteiger partial charge in [0.15, 0.2) is 0 Å². The Kier molecular flexibility index (Phi) is 9.38. The summed E-state index contributed by atoms with van der Waals surface area (Å²) in [5, 5.41) is 11.4. The van der Waals surface area contributed by atoms with Crippen molar-refractivity contribution in [1.29, 1.82) is 0 Å². The van der Waals surface area contributed by atoms with Gasteiger partial charge in [0.05, 0.1) is 29.2 Å². The lowest BCUT2D eigenvalue weighted by molar-refractivity contribution is -0.146. The van der Waals surface area contributed by atoms with Gasteiger partial charge < -0.3 is 19.8 Å². The fraction of sp³-hybridized carbons (Fsp3) is 0.342. The Morgan fingerprint density at radius 2 is 1.62 bits per heavy atom. The van der Waals surface area contributed by atoms with Crippen molar-refractivity contribution in [1.82, 2.24) is 9.80 Å². The van der Waals surface area contributed by atoms with Crippen LogP contribution in [0.15, 0.2) is 110 Å². The van der Waals surface area contributed by atoms with Crippen LogP contribution in [0.1, 0.15) is 36.9 Å². The predicted molar refractivity (Wildman–Crippen MR) is 188 cm³/mol. The van der Waals surface area contributed by atoms with Gasteiger partial charge in [-0.1, -0.05) is 84.4 Å². The first-order chi connectivity index (χ1) is 22.7. The van der Waals surface area contributed by atoms with Crippen molar-refractivity contribution in [3.63, 3.8) is 0 Å². The molecule has 244 valence electrons. The minimum Gasteiger partial charge on any atom is -0.394 e. The van der Waals surface area contributed by atoms with E-state index in [9.17, 15) is 9.90 Å². The molecular formula is C38H40ClN3O4S. The molecule has 3 fully saturated rings. The number of anilines is 1. The van der Waals surface area contributed by atoms with Crippen LogP contribution in [0.3, 0.4) is 0 Å². The van der Waals surface area contributed by atoms with Crippen LogP contribution in [0, 0.1) is 11.8 Å². The van der Waals surface area contributed by atoms with E-state index < -0.39 is 33.4 Å². The van der Waals surface area contributed by atoms with E-state index in [0.29, 0.717) is 36.6 Å². The number of rotatable bonds is 12. The fourth-order valence-corrected chi connectivity index (χ4v) is 10.4. The maximum absolute atomic E-state index is 15.1. The SMILES string of the molecule is C=CCN(Cc1ccccc1)C(=O)[C@H]1[C@H]2C(=O)N([C@H](CO)c3ccccc3)C(C(=O)N(CC=C)c3ccc(Cl)cc3)C23CC[C@]1(C)S3. The lowest BCUT2D eigenvalue weighted by Crippen LogP contribution is -2.56. The molecule has 3 aromatic rings. The van der Waals surface area contributed by atoms with E-state index in [4.69, 9.17) is 11.6 Å². The van der Waals surface area contributed by atoms with Crippen LogP contribution in [-0.2, 0) is 20.9 Å². The van der Waals surface area contributed by atoms with Gasteiger partial charge in [0.2, 0.25) is 11.8 Å². The summed E-state index contributed by atoms with van der Waals surface area (Å²) >= 11 is 7.82. The topological polar surface area (TPSA) is 81.2 Å². The van der Waals surface area contributed by atoms with Crippen molar-refractivity contribution in [3.8, 4) is 0 Å². The van der Waals surface area contributed by atoms with E-state index in [1.54, 1.807) is 62.9 Å². The molecule has 2 unspecified atom stereocenters. The number of likely N-dealkylation sites (tertiary alicyclic amines) is 1. The molecule has 0 aliphatic carbocycles. The van der Waals surface area contributed by atoms with Crippen molar-refractivity contribution < 1.29 is 19.5 Å². The summed E-state index contributed by atoms with van der Waals surface area (Å²) in [7, 11) is 0. The van der Waals surface area contributed by atoms with E-state index >= 15 is 9.59 Å². The number of hydrogen-bond acceptors (Lipinski definition) is 5. The maximum atomic E-state index is 15.1. The molecule has 1 spiro atoms. The molecule has 3 aliphatic heterocycles. The number of carbonyl (C=O) groups excluding carboxylic acids is 3. The van der Waals surface area contributed by atoms with Crippen LogP contribution in [0.5, 0.6) is 0 Å². The highest BCUT2D eigenvalue weighted by Crippen LogP contribution is 2.72. The number of nitrogens with zero attached hydrogens (tertiary/aromatic N) is 3. The number of aliphatic hydroxyl groups excluding tert-OH is 1. The third-order valence-electron chi connectivity index (χ3n) is 10.0. The minimum atomic E-state index is -0.931. The van der Waals surface area contributed by atoms with Crippen LogP contribution in [-0.4, -0.2) is 67.9 Å². The molecule has 3 aliphatic rings. The third kappa shape index (κ3) is 5.70. The van der Waals surface area contributed by atoms with E-state index in [-0.39, 0.29) is 30.9 Å². The Labute approximate surface area is 285 Å². The van der Waals surface area contributed by atoms with Crippen LogP contribution >= 0.6 is 23.4 Å². The van der Waals surface area contributed by atoms with Crippen molar-refractivity contribution in [2.75, 3.05) is 24.6 Å². The van der Waals surface area contributed by atoms with Crippen molar-refractivity contribution in [2.45, 2.75) is 47.9 Å². The molecular weight excluding hydrogens is 630 g/mol. The number of carbonyl (C=O) groups is 3. The average molecular weight is 670 g/mol. The number of halogens is 1. The second-order valence-electron chi connectivity index (χ2n) is 12.8. The standard InChI is InChI=1S/C38H40ClN3O4S/c1-4-22-40(24-26-12-8-6-9-13-26)34(44)31-32-35(45)42(30(25-43)27-14-10-7-11-15-27)33(38(32)21-20-37(31,3)47-38)36(46)41(23-5-2)29-18-16-28(39)17-19-29/h4-19,30-33,43H,1-2,20-25H2,3H3/t30-,31-,32+,33?,37+,38?/m1/s1. The van der Waals surface area contributed by atoms with Gasteiger partial charge in [-0.15, -0.1) is 24.9 Å². The molecule has 0 saturated carbocycles. The predicted octanol–water partition coefficient (Wildman–Crippen LogP) is 6.29. The Bertz CT molecular complexity index is 1650. The molecule has 2 bridgehead atoms. The summed E-state index contributed by atoms with van der Waals surface area (Å²) < 4.78 is -1.42. The van der Waals surface area contributed by atoms with Gasteiger partial charge >= 0.3 is 0 Å². The summed E-state index contributed by atoms with van der Waals surface area (Å²) in [4.78, 5) is 49.8. The molecule has 3 saturated heterocycles. The quantitative estimate of drug-likeness (QED) is 0.230. The monoisotopic (exact) mass is 669 g/mol. The van der Waals surface area contributed by atoms with E-state index in [2.05, 4.69) is 20.1 Å². The molecule has 0 radical (unpaired) electrons. The third-order valence-corrected chi connectivity index (χ3v) is 12.2. The van der Waals surface area contributed by atoms with E-state index in [1.807, 2.05) is 60.7 Å². The molecule has 47 heavy (non-hydrogen) atoms. The van der Waals surface area contributed by atoms with Gasteiger partial charge in [0, 0.05) is 35.1 Å². The lowest BCUT2D eigenvalue weighted by atomic mass is 9.66. The van der Waals surface area contributed by atoms with Crippen molar-refractivity contribution >= 4 is 46.8 Å². The Hall–Kier alpha value is -3.85. The zero-order valence-electron chi connectivity index (χ0n) is 26.5. The molecule has 3 aromatic carbocycles. The first-order valence-electron chi connectivity index (χ1n) is 16.0. The summed E-state index contributed by atoms with van der Waals surface area (Å²) in [5.41, 5.74) is 2.34. The summed E-state index contributed by atoms with van der Waals surface area (Å²) in [6.45, 7) is 10.5. The zero-order valence-corrected chi connectivity index (χ0v) is 28.1. The van der Waals surface area contributed by atoms with Crippen LogP contribution in [0.4, 0.5) is 5.69 Å².